The summed E-state index contributed by atoms with van der Waals surface area (Å²) in [6.07, 6.45) is -2.38. The predicted molar refractivity (Wildman–Crippen MR) is 133 cm³/mol. The second-order valence-electron chi connectivity index (χ2n) is 8.23. The standard InChI is InChI=1S/C22H21F3N8O5S/c1-4-31-8-12(10(2)29-31)11-7-14(22(23,24)25)27-21-16(11)17(18(39-21)19(26)35)28-15(34)5-6-32-9-13(33(36)37)20(30-32)38-3/h7-9H,4-6H2,1-3H3,(H2,26,35)(H,28,34). The first kappa shape index (κ1) is 27.5. The first-order valence-corrected chi connectivity index (χ1v) is 12.1. The number of nitro groups is 1. The maximum atomic E-state index is 13.7. The maximum absolute atomic E-state index is 13.7. The number of nitrogens with one attached hydrogen (secondary N) is 1. The highest BCUT2D eigenvalue weighted by Crippen LogP contribution is 2.44. The topological polar surface area (TPSA) is 173 Å². The van der Waals surface area contributed by atoms with Gasteiger partial charge in [-0.2, -0.15) is 18.3 Å². The highest BCUT2D eigenvalue weighted by Gasteiger charge is 2.35. The van der Waals surface area contributed by atoms with Crippen molar-refractivity contribution in [1.29, 1.82) is 0 Å². The Kier molecular flexibility index (Phi) is 7.27. The van der Waals surface area contributed by atoms with Gasteiger partial charge in [-0.3, -0.25) is 29.1 Å². The molecule has 4 aromatic rings. The van der Waals surface area contributed by atoms with E-state index in [-0.39, 0.29) is 45.2 Å². The molecule has 0 bridgehead atoms. The molecule has 0 aliphatic carbocycles. The normalized spacial score (nSPS) is 11.6. The summed E-state index contributed by atoms with van der Waals surface area (Å²) < 4.78 is 48.7. The molecule has 0 aliphatic heterocycles. The van der Waals surface area contributed by atoms with E-state index in [0.29, 0.717) is 29.1 Å². The first-order chi connectivity index (χ1) is 18.3. The summed E-state index contributed by atoms with van der Waals surface area (Å²) in [5.41, 5.74) is 4.70. The van der Waals surface area contributed by atoms with E-state index in [1.54, 1.807) is 17.8 Å². The average Bonchev–Trinajstić information content (AvgIpc) is 3.56. The van der Waals surface area contributed by atoms with Crippen molar-refractivity contribution in [3.63, 3.8) is 0 Å². The second-order valence-corrected chi connectivity index (χ2v) is 9.23. The van der Waals surface area contributed by atoms with E-state index in [4.69, 9.17) is 10.5 Å². The zero-order valence-electron chi connectivity index (χ0n) is 20.7. The third-order valence-electron chi connectivity index (χ3n) is 5.67. The maximum Gasteiger partial charge on any atom is 0.433 e. The van der Waals surface area contributed by atoms with Gasteiger partial charge in [0.1, 0.15) is 21.6 Å². The van der Waals surface area contributed by atoms with Crippen LogP contribution in [0.15, 0.2) is 18.5 Å². The fourth-order valence-corrected chi connectivity index (χ4v) is 4.90. The molecule has 0 saturated heterocycles. The van der Waals surface area contributed by atoms with Crippen LogP contribution in [0.5, 0.6) is 5.88 Å². The number of hydrogen-bond acceptors (Lipinski definition) is 9. The Labute approximate surface area is 221 Å². The summed E-state index contributed by atoms with van der Waals surface area (Å²) in [6, 6.07) is 0.842. The van der Waals surface area contributed by atoms with Gasteiger partial charge < -0.3 is 15.8 Å². The number of anilines is 1. The van der Waals surface area contributed by atoms with Crippen LogP contribution < -0.4 is 15.8 Å². The molecule has 0 aromatic carbocycles. The van der Waals surface area contributed by atoms with Crippen LogP contribution in [-0.4, -0.2) is 48.4 Å². The number of alkyl halides is 3. The van der Waals surface area contributed by atoms with E-state index in [1.165, 1.54) is 7.11 Å². The van der Waals surface area contributed by atoms with E-state index in [9.17, 15) is 32.9 Å². The molecule has 0 aliphatic rings. The van der Waals surface area contributed by atoms with Gasteiger partial charge in [-0.25, -0.2) is 4.98 Å². The number of pyridine rings is 1. The second kappa shape index (κ2) is 10.3. The molecule has 0 unspecified atom stereocenters. The molecule has 4 rings (SSSR count). The van der Waals surface area contributed by atoms with Crippen LogP contribution in [-0.2, 0) is 24.1 Å². The fraction of sp³-hybridized carbons (Fsp3) is 0.318. The number of amides is 2. The molecule has 206 valence electrons. The molecule has 0 radical (unpaired) electrons. The number of rotatable bonds is 9. The zero-order valence-corrected chi connectivity index (χ0v) is 21.5. The Balaban J connectivity index is 1.78. The number of thiophene rings is 1. The third kappa shape index (κ3) is 5.38. The third-order valence-corrected chi connectivity index (χ3v) is 6.77. The van der Waals surface area contributed by atoms with Crippen LogP contribution in [0.2, 0.25) is 0 Å². The summed E-state index contributed by atoms with van der Waals surface area (Å²) in [5, 5.41) is 22.0. The molecular weight excluding hydrogens is 545 g/mol. The SMILES string of the molecule is CCn1cc(-c2cc(C(F)(F)F)nc3sc(C(N)=O)c(NC(=O)CCn4cc([N+](=O)[O-])c(OC)n4)c23)c(C)n1. The molecule has 13 nitrogen and oxygen atoms in total. The van der Waals surface area contributed by atoms with Gasteiger partial charge in [0.15, 0.2) is 0 Å². The molecule has 3 N–H and O–H groups in total. The fourth-order valence-electron chi connectivity index (χ4n) is 3.89. The van der Waals surface area contributed by atoms with E-state index in [2.05, 4.69) is 20.5 Å². The summed E-state index contributed by atoms with van der Waals surface area (Å²) in [4.78, 5) is 39.0. The van der Waals surface area contributed by atoms with Gasteiger partial charge in [-0.05, 0) is 25.5 Å². The smallest absolute Gasteiger partial charge is 0.433 e. The summed E-state index contributed by atoms with van der Waals surface area (Å²) in [5.74, 6) is -1.86. The highest BCUT2D eigenvalue weighted by atomic mass is 32.1. The van der Waals surface area contributed by atoms with Crippen molar-refractivity contribution in [3.8, 4) is 17.0 Å². The minimum absolute atomic E-state index is 0.0658. The van der Waals surface area contributed by atoms with E-state index >= 15 is 0 Å². The van der Waals surface area contributed by atoms with Crippen LogP contribution in [0, 0.1) is 17.0 Å². The lowest BCUT2D eigenvalue weighted by molar-refractivity contribution is -0.385. The number of carbonyl (C=O) groups is 2. The monoisotopic (exact) mass is 566 g/mol. The molecular formula is C22H21F3N8O5S. The number of carbonyl (C=O) groups excluding carboxylic acids is 2. The minimum Gasteiger partial charge on any atom is -0.475 e. The van der Waals surface area contributed by atoms with E-state index in [0.717, 1.165) is 16.9 Å². The van der Waals surface area contributed by atoms with Crippen molar-refractivity contribution >= 4 is 44.7 Å². The number of primary amides is 1. The van der Waals surface area contributed by atoms with Crippen LogP contribution in [0.3, 0.4) is 0 Å². The summed E-state index contributed by atoms with van der Waals surface area (Å²) in [6.45, 7) is 3.79. The van der Waals surface area contributed by atoms with Gasteiger partial charge in [0, 0.05) is 30.1 Å². The van der Waals surface area contributed by atoms with E-state index in [1.807, 2.05) is 6.92 Å². The lowest BCUT2D eigenvalue weighted by Crippen LogP contribution is -2.18. The minimum atomic E-state index is -4.79. The van der Waals surface area contributed by atoms with Gasteiger partial charge in [0.25, 0.3) is 5.91 Å². The van der Waals surface area contributed by atoms with Crippen LogP contribution in [0.25, 0.3) is 21.3 Å². The molecule has 0 saturated carbocycles. The van der Waals surface area contributed by atoms with Crippen LogP contribution in [0.4, 0.5) is 24.5 Å². The molecule has 4 aromatic heterocycles. The number of aryl methyl sites for hydroxylation is 3. The van der Waals surface area contributed by atoms with Gasteiger partial charge in [0.2, 0.25) is 5.91 Å². The van der Waals surface area contributed by atoms with Crippen molar-refractivity contribution in [1.82, 2.24) is 24.5 Å². The van der Waals surface area contributed by atoms with Crippen molar-refractivity contribution in [2.45, 2.75) is 39.5 Å². The van der Waals surface area contributed by atoms with Crippen molar-refractivity contribution in [3.05, 3.63) is 44.8 Å². The number of fused-ring (bicyclic) bond motifs is 1. The number of methoxy groups -OCH3 is 1. The van der Waals surface area contributed by atoms with Gasteiger partial charge in [0.05, 0.1) is 30.0 Å². The quantitative estimate of drug-likeness (QED) is 0.228. The molecule has 17 heteroatoms. The highest BCUT2D eigenvalue weighted by molar-refractivity contribution is 7.21. The number of nitrogens with two attached hydrogens (primary N) is 1. The van der Waals surface area contributed by atoms with Crippen LogP contribution in [0.1, 0.15) is 34.4 Å². The first-order valence-electron chi connectivity index (χ1n) is 11.3. The molecule has 0 fully saturated rings. The Bertz CT molecular complexity index is 1610. The Hall–Kier alpha value is -4.54. The summed E-state index contributed by atoms with van der Waals surface area (Å²) >= 11 is 0.621. The molecule has 4 heterocycles. The van der Waals surface area contributed by atoms with Gasteiger partial charge >= 0.3 is 17.7 Å². The number of halogens is 3. The van der Waals surface area contributed by atoms with Crippen molar-refractivity contribution < 1.29 is 32.4 Å². The lowest BCUT2D eigenvalue weighted by Gasteiger charge is -2.12. The van der Waals surface area contributed by atoms with Crippen molar-refractivity contribution in [2.75, 3.05) is 12.4 Å². The Morgan fingerprint density at radius 1 is 1.23 bits per heavy atom. The number of nitrogens with zero attached hydrogens (tertiary/aromatic N) is 6. The van der Waals surface area contributed by atoms with Gasteiger partial charge in [-0.1, -0.05) is 0 Å². The van der Waals surface area contributed by atoms with Crippen molar-refractivity contribution in [2.24, 2.45) is 5.73 Å². The van der Waals surface area contributed by atoms with E-state index < -0.39 is 34.3 Å². The molecule has 2 amide bonds. The zero-order chi connectivity index (χ0) is 28.6. The Morgan fingerprint density at radius 3 is 2.49 bits per heavy atom. The molecule has 39 heavy (non-hydrogen) atoms. The number of hydrogen-bond donors (Lipinski definition) is 2. The number of aromatic nitrogens is 5. The molecule has 0 atom stereocenters. The van der Waals surface area contributed by atoms with Crippen LogP contribution >= 0.6 is 11.3 Å². The summed E-state index contributed by atoms with van der Waals surface area (Å²) in [7, 11) is 1.21. The number of ether oxygens (including phenoxy) is 1. The van der Waals surface area contributed by atoms with Gasteiger partial charge in [-0.15, -0.1) is 16.4 Å². The lowest BCUT2D eigenvalue weighted by atomic mass is 10.0. The average molecular weight is 567 g/mol. The Morgan fingerprint density at radius 2 is 1.95 bits per heavy atom. The molecule has 0 spiro atoms. The largest absolute Gasteiger partial charge is 0.475 e. The predicted octanol–water partition coefficient (Wildman–Crippen LogP) is 3.75.